The molecule has 2 aromatic rings. The topological polar surface area (TPSA) is 58.1 Å². The largest absolute Gasteiger partial charge is 0.328 e. The molecule has 1 N–H and O–H groups in total. The first-order valence-corrected chi connectivity index (χ1v) is 11.6. The summed E-state index contributed by atoms with van der Waals surface area (Å²) in [6.07, 6.45) is 9.97. The van der Waals surface area contributed by atoms with Crippen molar-refractivity contribution in [3.63, 3.8) is 0 Å². The van der Waals surface area contributed by atoms with Crippen molar-refractivity contribution in [1.29, 1.82) is 0 Å². The zero-order chi connectivity index (χ0) is 20.4. The molecule has 2 heterocycles. The second-order valence-electron chi connectivity index (χ2n) is 8.79. The minimum Gasteiger partial charge on any atom is -0.302 e. The lowest BCUT2D eigenvalue weighted by Crippen LogP contribution is -2.35. The van der Waals surface area contributed by atoms with Crippen LogP contribution in [-0.4, -0.2) is 34.1 Å². The number of nitrogens with one attached hydrogen (secondary N) is 1. The van der Waals surface area contributed by atoms with Gasteiger partial charge in [-0.05, 0) is 81.8 Å². The summed E-state index contributed by atoms with van der Waals surface area (Å²) in [5.41, 5.74) is 3.48. The molecule has 1 atom stereocenters. The number of hydrogen-bond acceptors (Lipinski definition) is 3. The minimum atomic E-state index is -0.301. The van der Waals surface area contributed by atoms with Gasteiger partial charge in [0.05, 0.1) is 0 Å². The van der Waals surface area contributed by atoms with Crippen molar-refractivity contribution < 1.29 is 0 Å². The number of hydrogen-bond donors (Lipinski definition) is 1. The van der Waals surface area contributed by atoms with Gasteiger partial charge in [-0.3, -0.25) is 9.78 Å². The molecule has 0 saturated carbocycles. The molecule has 2 aliphatic rings. The zero-order valence-corrected chi connectivity index (χ0v) is 18.8. The van der Waals surface area contributed by atoms with E-state index in [0.29, 0.717) is 17.5 Å². The highest BCUT2D eigenvalue weighted by atomic mass is 79.9. The number of fused-ring (bicyclic) bond motifs is 2. The molecular formula is C23H30BrN3O2. The molecule has 1 fully saturated rings. The summed E-state index contributed by atoms with van der Waals surface area (Å²) in [7, 11) is 0. The fourth-order valence-electron chi connectivity index (χ4n) is 5.19. The summed E-state index contributed by atoms with van der Waals surface area (Å²) in [5.74, 6) is 0. The van der Waals surface area contributed by atoms with Gasteiger partial charge >= 0.3 is 5.69 Å². The Bertz CT molecular complexity index is 996. The van der Waals surface area contributed by atoms with Crippen LogP contribution in [0.5, 0.6) is 0 Å². The second-order valence-corrected chi connectivity index (χ2v) is 9.70. The van der Waals surface area contributed by atoms with E-state index in [1.165, 1.54) is 48.8 Å². The van der Waals surface area contributed by atoms with E-state index < -0.39 is 0 Å². The third-order valence-corrected chi connectivity index (χ3v) is 7.23. The zero-order valence-electron chi connectivity index (χ0n) is 17.2. The lowest BCUT2D eigenvalue weighted by Gasteiger charge is -2.36. The summed E-state index contributed by atoms with van der Waals surface area (Å²) in [6.45, 7) is 5.91. The number of H-pyrrole nitrogens is 1. The van der Waals surface area contributed by atoms with Crippen molar-refractivity contribution in [2.45, 2.75) is 63.8 Å². The predicted octanol–water partition coefficient (Wildman–Crippen LogP) is 3.76. The number of benzene rings is 1. The Kier molecular flexibility index (Phi) is 6.11. The maximum absolute atomic E-state index is 11.9. The number of aromatic nitrogens is 2. The van der Waals surface area contributed by atoms with Crippen LogP contribution in [0.15, 0.2) is 38.5 Å². The van der Waals surface area contributed by atoms with Crippen molar-refractivity contribution in [3.8, 4) is 0 Å². The molecule has 1 spiro atoms. The van der Waals surface area contributed by atoms with Crippen molar-refractivity contribution in [3.05, 3.63) is 66.4 Å². The molecule has 1 aliphatic carbocycles. The predicted molar refractivity (Wildman–Crippen MR) is 120 cm³/mol. The van der Waals surface area contributed by atoms with E-state index in [4.69, 9.17) is 0 Å². The standard InChI is InChI=1S/C23H30BrN3O2/c1-17-15-27(22(29)25-21(17)28)12-4-2-3-11-26-13-10-23(16-26)9-5-6-18-14-19(24)7-8-20(18)23/h7-8,14-15H,2-6,9-13,16H2,1H3,(H,25,28,29). The van der Waals surface area contributed by atoms with E-state index in [9.17, 15) is 9.59 Å². The highest BCUT2D eigenvalue weighted by Crippen LogP contribution is 2.44. The normalized spacial score (nSPS) is 21.6. The summed E-state index contributed by atoms with van der Waals surface area (Å²) in [5, 5.41) is 0. The number of aryl methyl sites for hydroxylation is 3. The van der Waals surface area contributed by atoms with Crippen LogP contribution in [0.4, 0.5) is 0 Å². The maximum atomic E-state index is 11.9. The van der Waals surface area contributed by atoms with Gasteiger partial charge in [-0.2, -0.15) is 0 Å². The van der Waals surface area contributed by atoms with E-state index >= 15 is 0 Å². The summed E-state index contributed by atoms with van der Waals surface area (Å²) < 4.78 is 2.82. The molecule has 6 heteroatoms. The van der Waals surface area contributed by atoms with Gasteiger partial charge in [0.2, 0.25) is 0 Å². The molecule has 1 aliphatic heterocycles. The molecule has 1 saturated heterocycles. The van der Waals surface area contributed by atoms with Crippen molar-refractivity contribution >= 4 is 15.9 Å². The number of rotatable bonds is 6. The monoisotopic (exact) mass is 459 g/mol. The lowest BCUT2D eigenvalue weighted by molar-refractivity contribution is 0.286. The van der Waals surface area contributed by atoms with E-state index in [1.807, 2.05) is 0 Å². The van der Waals surface area contributed by atoms with Crippen LogP contribution in [0.3, 0.4) is 0 Å². The van der Waals surface area contributed by atoms with Crippen LogP contribution in [0.1, 0.15) is 55.2 Å². The molecule has 1 aromatic carbocycles. The molecule has 1 unspecified atom stereocenters. The fraction of sp³-hybridized carbons (Fsp3) is 0.565. The van der Waals surface area contributed by atoms with Crippen molar-refractivity contribution in [1.82, 2.24) is 14.5 Å². The van der Waals surface area contributed by atoms with Crippen LogP contribution in [0.25, 0.3) is 0 Å². The van der Waals surface area contributed by atoms with E-state index in [1.54, 1.807) is 23.3 Å². The number of aromatic amines is 1. The first-order valence-electron chi connectivity index (χ1n) is 10.8. The van der Waals surface area contributed by atoms with E-state index in [0.717, 1.165) is 25.8 Å². The van der Waals surface area contributed by atoms with Gasteiger partial charge in [-0.1, -0.05) is 28.4 Å². The molecule has 1 aromatic heterocycles. The summed E-state index contributed by atoms with van der Waals surface area (Å²) in [4.78, 5) is 28.3. The van der Waals surface area contributed by atoms with Crippen LogP contribution >= 0.6 is 15.9 Å². The van der Waals surface area contributed by atoms with Gasteiger partial charge in [-0.15, -0.1) is 0 Å². The average Bonchev–Trinajstić information content (AvgIpc) is 3.09. The van der Waals surface area contributed by atoms with Gasteiger partial charge in [-0.25, -0.2) is 4.79 Å². The van der Waals surface area contributed by atoms with Gasteiger partial charge in [0, 0.05) is 34.7 Å². The number of nitrogens with zero attached hydrogens (tertiary/aromatic N) is 2. The molecule has 29 heavy (non-hydrogen) atoms. The number of unbranched alkanes of at least 4 members (excludes halogenated alkanes) is 2. The van der Waals surface area contributed by atoms with E-state index in [2.05, 4.69) is 44.0 Å². The molecule has 0 amide bonds. The number of halogens is 1. The van der Waals surface area contributed by atoms with Crippen molar-refractivity contribution in [2.75, 3.05) is 19.6 Å². The lowest BCUT2D eigenvalue weighted by atomic mass is 9.69. The smallest absolute Gasteiger partial charge is 0.302 e. The van der Waals surface area contributed by atoms with Crippen LogP contribution in [-0.2, 0) is 18.4 Å². The number of likely N-dealkylation sites (tertiary alicyclic amines) is 1. The van der Waals surface area contributed by atoms with Crippen LogP contribution in [0, 0.1) is 6.92 Å². The Morgan fingerprint density at radius 1 is 1.14 bits per heavy atom. The second kappa shape index (κ2) is 8.60. The third-order valence-electron chi connectivity index (χ3n) is 6.74. The minimum absolute atomic E-state index is 0.286. The molecule has 0 bridgehead atoms. The summed E-state index contributed by atoms with van der Waals surface area (Å²) in [6, 6.07) is 6.88. The van der Waals surface area contributed by atoms with Crippen molar-refractivity contribution in [2.24, 2.45) is 0 Å². The first kappa shape index (κ1) is 20.6. The van der Waals surface area contributed by atoms with Crippen LogP contribution < -0.4 is 11.2 Å². The molecule has 0 radical (unpaired) electrons. The average molecular weight is 460 g/mol. The van der Waals surface area contributed by atoms with Gasteiger partial charge in [0.15, 0.2) is 0 Å². The van der Waals surface area contributed by atoms with Gasteiger partial charge in [0.25, 0.3) is 5.56 Å². The van der Waals surface area contributed by atoms with E-state index in [-0.39, 0.29) is 11.2 Å². The Morgan fingerprint density at radius 2 is 1.97 bits per heavy atom. The van der Waals surface area contributed by atoms with Gasteiger partial charge < -0.3 is 9.47 Å². The Morgan fingerprint density at radius 3 is 2.83 bits per heavy atom. The maximum Gasteiger partial charge on any atom is 0.328 e. The van der Waals surface area contributed by atoms with Crippen LogP contribution in [0.2, 0.25) is 0 Å². The quantitative estimate of drug-likeness (QED) is 0.668. The third kappa shape index (κ3) is 4.43. The summed E-state index contributed by atoms with van der Waals surface area (Å²) >= 11 is 3.63. The molecular weight excluding hydrogens is 430 g/mol. The molecule has 5 nitrogen and oxygen atoms in total. The molecule has 156 valence electrons. The SMILES string of the molecule is Cc1cn(CCCCCN2CCC3(CCCc4cc(Br)ccc43)C2)c(=O)[nH]c1=O. The highest BCUT2D eigenvalue weighted by molar-refractivity contribution is 9.10. The Labute approximate surface area is 180 Å². The Balaban J connectivity index is 1.27. The first-order chi connectivity index (χ1) is 14.0. The Hall–Kier alpha value is -1.66. The highest BCUT2D eigenvalue weighted by Gasteiger charge is 2.41. The molecule has 4 rings (SSSR count). The fourth-order valence-corrected chi connectivity index (χ4v) is 5.60. The van der Waals surface area contributed by atoms with Gasteiger partial charge in [0.1, 0.15) is 0 Å².